The minimum atomic E-state index is -0.454. The summed E-state index contributed by atoms with van der Waals surface area (Å²) in [6, 6.07) is 4.83. The average molecular weight is 288 g/mol. The quantitative estimate of drug-likeness (QED) is 0.635. The fourth-order valence-electron chi connectivity index (χ4n) is 2.40. The molecule has 0 saturated heterocycles. The Morgan fingerprint density at radius 2 is 2.00 bits per heavy atom. The second-order valence-electron chi connectivity index (χ2n) is 4.42. The van der Waals surface area contributed by atoms with E-state index in [9.17, 15) is 9.59 Å². The predicted octanol–water partition coefficient (Wildman–Crippen LogP) is 2.45. The van der Waals surface area contributed by atoms with E-state index in [0.717, 1.165) is 0 Å². The van der Waals surface area contributed by atoms with Gasteiger partial charge in [0.15, 0.2) is 23.5 Å². The highest BCUT2D eigenvalue weighted by molar-refractivity contribution is 6.02. The van der Waals surface area contributed by atoms with Crippen LogP contribution in [0.2, 0.25) is 0 Å². The molecule has 108 valence electrons. The lowest BCUT2D eigenvalue weighted by atomic mass is 9.99. The Morgan fingerprint density at radius 1 is 1.19 bits per heavy atom. The van der Waals surface area contributed by atoms with E-state index in [1.165, 1.54) is 20.3 Å². The third-order valence-corrected chi connectivity index (χ3v) is 3.30. The molecule has 1 aliphatic rings. The molecule has 0 atom stereocenters. The maximum atomic E-state index is 12.0. The molecule has 6 nitrogen and oxygen atoms in total. The summed E-state index contributed by atoms with van der Waals surface area (Å²) < 4.78 is 21.1. The van der Waals surface area contributed by atoms with E-state index in [0.29, 0.717) is 40.2 Å². The van der Waals surface area contributed by atoms with Gasteiger partial charge in [-0.3, -0.25) is 4.79 Å². The molecule has 0 bridgehead atoms. The Balaban J connectivity index is 2.32. The lowest BCUT2D eigenvalue weighted by molar-refractivity contribution is 0.0535. The number of ether oxygens (including phenoxy) is 3. The van der Waals surface area contributed by atoms with Crippen LogP contribution in [0.3, 0.4) is 0 Å². The molecular formula is C15H12O6. The number of hydrogen-bond acceptors (Lipinski definition) is 6. The summed E-state index contributed by atoms with van der Waals surface area (Å²) in [5.41, 5.74) is 1.50. The first-order chi connectivity index (χ1) is 10.2. The minimum absolute atomic E-state index is 0.162. The van der Waals surface area contributed by atoms with Crippen molar-refractivity contribution < 1.29 is 28.2 Å². The molecule has 6 heteroatoms. The van der Waals surface area contributed by atoms with E-state index in [-0.39, 0.29) is 12.4 Å². The van der Waals surface area contributed by atoms with E-state index >= 15 is 0 Å². The summed E-state index contributed by atoms with van der Waals surface area (Å²) in [6.45, 7) is 0.169. The molecule has 21 heavy (non-hydrogen) atoms. The average Bonchev–Trinajstić information content (AvgIpc) is 3.12. The van der Waals surface area contributed by atoms with Crippen LogP contribution in [0.15, 0.2) is 22.6 Å². The van der Waals surface area contributed by atoms with Crippen LogP contribution in [-0.2, 0) is 11.3 Å². The normalized spacial score (nSPS) is 12.8. The number of rotatable bonds is 4. The molecule has 0 amide bonds. The van der Waals surface area contributed by atoms with Crippen LogP contribution >= 0.6 is 0 Å². The van der Waals surface area contributed by atoms with Gasteiger partial charge < -0.3 is 18.6 Å². The van der Waals surface area contributed by atoms with Crippen LogP contribution in [0.4, 0.5) is 0 Å². The molecule has 0 spiro atoms. The summed E-state index contributed by atoms with van der Waals surface area (Å²) in [5, 5.41) is 0. The van der Waals surface area contributed by atoms with Gasteiger partial charge in [0.25, 0.3) is 0 Å². The summed E-state index contributed by atoms with van der Waals surface area (Å²) >= 11 is 0. The zero-order chi connectivity index (χ0) is 15.0. The van der Waals surface area contributed by atoms with Crippen molar-refractivity contribution in [1.82, 2.24) is 0 Å². The van der Waals surface area contributed by atoms with Crippen molar-refractivity contribution in [2.24, 2.45) is 0 Å². The molecule has 0 saturated carbocycles. The highest BCUT2D eigenvalue weighted by Gasteiger charge is 2.32. The number of fused-ring (bicyclic) bond motifs is 1. The largest absolute Gasteiger partial charge is 0.493 e. The molecule has 1 aromatic heterocycles. The van der Waals surface area contributed by atoms with Gasteiger partial charge in [0, 0.05) is 5.56 Å². The predicted molar refractivity (Wildman–Crippen MR) is 71.8 cm³/mol. The SMILES string of the molecule is COc1cc2c(c(-c3ccc(C=O)o3)c1OC)C(=O)OC2. The van der Waals surface area contributed by atoms with Crippen LogP contribution in [0.25, 0.3) is 11.3 Å². The number of esters is 1. The minimum Gasteiger partial charge on any atom is -0.493 e. The van der Waals surface area contributed by atoms with Crippen molar-refractivity contribution in [1.29, 1.82) is 0 Å². The zero-order valence-electron chi connectivity index (χ0n) is 11.5. The second-order valence-corrected chi connectivity index (χ2v) is 4.42. The summed E-state index contributed by atoms with van der Waals surface area (Å²) in [4.78, 5) is 22.8. The summed E-state index contributed by atoms with van der Waals surface area (Å²) in [5.74, 6) is 0.887. The Labute approximate surface area is 120 Å². The molecule has 3 rings (SSSR count). The molecule has 0 N–H and O–H groups in total. The number of furan rings is 1. The molecule has 0 fully saturated rings. The van der Waals surface area contributed by atoms with Crippen molar-refractivity contribution in [2.45, 2.75) is 6.61 Å². The monoisotopic (exact) mass is 288 g/mol. The van der Waals surface area contributed by atoms with Crippen molar-refractivity contribution in [2.75, 3.05) is 14.2 Å². The van der Waals surface area contributed by atoms with E-state index in [1.54, 1.807) is 12.1 Å². The molecule has 0 radical (unpaired) electrons. The first-order valence-electron chi connectivity index (χ1n) is 6.20. The molecule has 1 aliphatic heterocycles. The fourth-order valence-corrected chi connectivity index (χ4v) is 2.40. The Bertz CT molecular complexity index is 728. The standard InChI is InChI=1S/C15H12O6/c1-18-11-5-8-7-20-15(17)12(8)13(14(11)19-2)10-4-3-9(6-16)21-10/h3-6H,7H2,1-2H3. The lowest BCUT2D eigenvalue weighted by Gasteiger charge is -2.13. The van der Waals surface area contributed by atoms with Gasteiger partial charge in [-0.2, -0.15) is 0 Å². The molecular weight excluding hydrogens is 276 g/mol. The van der Waals surface area contributed by atoms with Crippen molar-refractivity contribution in [3.8, 4) is 22.8 Å². The Morgan fingerprint density at radius 3 is 2.62 bits per heavy atom. The van der Waals surface area contributed by atoms with E-state index < -0.39 is 5.97 Å². The Kier molecular flexibility index (Phi) is 3.13. The topological polar surface area (TPSA) is 75.0 Å². The first kappa shape index (κ1) is 13.2. The van der Waals surface area contributed by atoms with E-state index in [2.05, 4.69) is 0 Å². The van der Waals surface area contributed by atoms with Crippen molar-refractivity contribution >= 4 is 12.3 Å². The summed E-state index contributed by atoms with van der Waals surface area (Å²) in [7, 11) is 2.97. The second kappa shape index (κ2) is 4.97. The molecule has 1 aromatic carbocycles. The van der Waals surface area contributed by atoms with Gasteiger partial charge in [-0.1, -0.05) is 0 Å². The number of methoxy groups -OCH3 is 2. The highest BCUT2D eigenvalue weighted by atomic mass is 16.5. The zero-order valence-corrected chi connectivity index (χ0v) is 11.5. The molecule has 2 aromatic rings. The highest BCUT2D eigenvalue weighted by Crippen LogP contribution is 2.45. The lowest BCUT2D eigenvalue weighted by Crippen LogP contribution is -2.01. The van der Waals surface area contributed by atoms with Gasteiger partial charge in [0.2, 0.25) is 0 Å². The number of carbonyl (C=O) groups excluding carboxylic acids is 2. The van der Waals surface area contributed by atoms with Gasteiger partial charge in [-0.05, 0) is 18.2 Å². The number of benzene rings is 1. The van der Waals surface area contributed by atoms with Gasteiger partial charge in [-0.25, -0.2) is 4.79 Å². The number of hydrogen-bond donors (Lipinski definition) is 0. The van der Waals surface area contributed by atoms with Gasteiger partial charge in [0.05, 0.1) is 25.3 Å². The summed E-state index contributed by atoms with van der Waals surface area (Å²) in [6.07, 6.45) is 0.592. The van der Waals surface area contributed by atoms with Gasteiger partial charge in [0.1, 0.15) is 12.4 Å². The molecule has 2 heterocycles. The maximum Gasteiger partial charge on any atom is 0.339 e. The van der Waals surface area contributed by atoms with Gasteiger partial charge >= 0.3 is 5.97 Å². The maximum absolute atomic E-state index is 12.0. The number of carbonyl (C=O) groups is 2. The van der Waals surface area contributed by atoms with Crippen LogP contribution in [-0.4, -0.2) is 26.5 Å². The van der Waals surface area contributed by atoms with Crippen LogP contribution in [0.1, 0.15) is 26.5 Å². The number of aldehydes is 1. The third-order valence-electron chi connectivity index (χ3n) is 3.30. The molecule has 0 aliphatic carbocycles. The van der Waals surface area contributed by atoms with Crippen LogP contribution < -0.4 is 9.47 Å². The van der Waals surface area contributed by atoms with Crippen molar-refractivity contribution in [3.05, 3.63) is 35.1 Å². The number of cyclic esters (lactones) is 1. The smallest absolute Gasteiger partial charge is 0.339 e. The van der Waals surface area contributed by atoms with E-state index in [4.69, 9.17) is 18.6 Å². The molecule has 0 unspecified atom stereocenters. The van der Waals surface area contributed by atoms with Gasteiger partial charge in [-0.15, -0.1) is 0 Å². The van der Waals surface area contributed by atoms with Crippen molar-refractivity contribution in [3.63, 3.8) is 0 Å². The Hall–Kier alpha value is -2.76. The first-order valence-corrected chi connectivity index (χ1v) is 6.20. The fraction of sp³-hybridized carbons (Fsp3) is 0.200. The van der Waals surface area contributed by atoms with E-state index in [1.807, 2.05) is 0 Å². The third kappa shape index (κ3) is 1.96. The van der Waals surface area contributed by atoms with Crippen LogP contribution in [0, 0.1) is 0 Å². The van der Waals surface area contributed by atoms with Crippen LogP contribution in [0.5, 0.6) is 11.5 Å².